The Balaban J connectivity index is 1.54. The molecule has 0 aliphatic rings. The summed E-state index contributed by atoms with van der Waals surface area (Å²) >= 11 is 2.62. The molecule has 2 amide bonds. The largest absolute Gasteiger partial charge is 0.322 e. The van der Waals surface area contributed by atoms with Crippen LogP contribution in [0.25, 0.3) is 0 Å². The summed E-state index contributed by atoms with van der Waals surface area (Å²) in [4.78, 5) is 28.6. The number of imide groups is 1. The van der Waals surface area contributed by atoms with E-state index >= 15 is 0 Å². The maximum atomic E-state index is 11.9. The quantitative estimate of drug-likeness (QED) is 0.689. The van der Waals surface area contributed by atoms with Crippen molar-refractivity contribution in [3.63, 3.8) is 0 Å². The second kappa shape index (κ2) is 7.94. The Labute approximate surface area is 147 Å². The van der Waals surface area contributed by atoms with Crippen molar-refractivity contribution in [3.05, 3.63) is 70.7 Å². The Morgan fingerprint density at radius 2 is 2.00 bits per heavy atom. The Bertz CT molecular complexity index is 814. The minimum atomic E-state index is -0.358. The fraction of sp³-hybridized carbons (Fsp3) is 0.118. The van der Waals surface area contributed by atoms with Crippen LogP contribution in [0, 0.1) is 0 Å². The molecule has 122 valence electrons. The molecule has 2 aromatic heterocycles. The lowest BCUT2D eigenvalue weighted by Crippen LogP contribution is -2.31. The fourth-order valence-corrected chi connectivity index (χ4v) is 3.48. The number of benzene rings is 1. The highest BCUT2D eigenvalue weighted by molar-refractivity contribution is 7.99. The zero-order valence-electron chi connectivity index (χ0n) is 12.7. The van der Waals surface area contributed by atoms with Crippen LogP contribution in [0.1, 0.15) is 15.2 Å². The summed E-state index contributed by atoms with van der Waals surface area (Å²) in [7, 11) is 0. The van der Waals surface area contributed by atoms with Gasteiger partial charge in [-0.15, -0.1) is 11.3 Å². The van der Waals surface area contributed by atoms with Gasteiger partial charge in [0.2, 0.25) is 5.91 Å². The van der Waals surface area contributed by atoms with Crippen LogP contribution in [0.15, 0.2) is 65.4 Å². The third kappa shape index (κ3) is 4.33. The number of rotatable bonds is 6. The van der Waals surface area contributed by atoms with Crippen molar-refractivity contribution in [1.82, 2.24) is 14.9 Å². The smallest absolute Gasteiger partial charge is 0.267 e. The molecule has 2 heterocycles. The van der Waals surface area contributed by atoms with Crippen molar-refractivity contribution in [3.8, 4) is 0 Å². The van der Waals surface area contributed by atoms with E-state index in [9.17, 15) is 9.59 Å². The van der Waals surface area contributed by atoms with Gasteiger partial charge >= 0.3 is 0 Å². The summed E-state index contributed by atoms with van der Waals surface area (Å²) in [5, 5.41) is 4.94. The van der Waals surface area contributed by atoms with Gasteiger partial charge in [0.05, 0.1) is 10.6 Å². The molecule has 0 atom stereocenters. The molecule has 1 N–H and O–H groups in total. The lowest BCUT2D eigenvalue weighted by molar-refractivity contribution is -0.117. The summed E-state index contributed by atoms with van der Waals surface area (Å²) in [6, 6.07) is 13.5. The number of hydrogen-bond donors (Lipinski definition) is 1. The van der Waals surface area contributed by atoms with Gasteiger partial charge in [0, 0.05) is 18.9 Å². The molecule has 0 unspecified atom stereocenters. The average Bonchev–Trinajstić information content (AvgIpc) is 3.26. The molecule has 3 rings (SSSR count). The number of amides is 2. The Hall–Kier alpha value is -2.38. The number of carbonyl (C=O) groups is 2. The molecule has 7 heteroatoms. The number of nitrogens with one attached hydrogen (secondary N) is 1. The number of nitrogens with zero attached hydrogens (tertiary/aromatic N) is 2. The van der Waals surface area contributed by atoms with Crippen molar-refractivity contribution in [2.75, 3.05) is 5.75 Å². The van der Waals surface area contributed by atoms with Crippen LogP contribution in [0.4, 0.5) is 0 Å². The second-order valence-corrected chi connectivity index (χ2v) is 6.86. The van der Waals surface area contributed by atoms with Gasteiger partial charge in [0.15, 0.2) is 5.16 Å². The highest BCUT2D eigenvalue weighted by Crippen LogP contribution is 2.17. The van der Waals surface area contributed by atoms with Crippen LogP contribution >= 0.6 is 23.1 Å². The lowest BCUT2D eigenvalue weighted by atomic mass is 10.2. The van der Waals surface area contributed by atoms with Crippen LogP contribution in [-0.4, -0.2) is 27.1 Å². The fourth-order valence-electron chi connectivity index (χ4n) is 2.10. The summed E-state index contributed by atoms with van der Waals surface area (Å²) in [6.45, 7) is 0.693. The topological polar surface area (TPSA) is 64.0 Å². The number of imidazole rings is 1. The number of aromatic nitrogens is 2. The SMILES string of the molecule is O=C(CSc1nccn1Cc1ccccc1)NC(=O)c1cccs1. The molecular formula is C17H15N3O2S2. The van der Waals surface area contributed by atoms with Gasteiger partial charge in [-0.1, -0.05) is 48.2 Å². The first-order chi connectivity index (χ1) is 11.7. The molecule has 0 saturated heterocycles. The van der Waals surface area contributed by atoms with Crippen molar-refractivity contribution < 1.29 is 9.59 Å². The summed E-state index contributed by atoms with van der Waals surface area (Å²) < 4.78 is 1.98. The highest BCUT2D eigenvalue weighted by atomic mass is 32.2. The molecule has 1 aromatic carbocycles. The minimum absolute atomic E-state index is 0.142. The number of thiophene rings is 1. The van der Waals surface area contributed by atoms with Crippen molar-refractivity contribution in [2.45, 2.75) is 11.7 Å². The third-order valence-electron chi connectivity index (χ3n) is 3.20. The molecule has 0 bridgehead atoms. The predicted molar refractivity (Wildman–Crippen MR) is 95.3 cm³/mol. The van der Waals surface area contributed by atoms with E-state index in [1.54, 1.807) is 23.7 Å². The maximum Gasteiger partial charge on any atom is 0.267 e. The van der Waals surface area contributed by atoms with Gasteiger partial charge in [-0.05, 0) is 17.0 Å². The molecule has 0 spiro atoms. The van der Waals surface area contributed by atoms with E-state index in [0.29, 0.717) is 11.4 Å². The molecule has 5 nitrogen and oxygen atoms in total. The van der Waals surface area contributed by atoms with Gasteiger partial charge in [0.25, 0.3) is 5.91 Å². The first kappa shape index (κ1) is 16.5. The number of hydrogen-bond acceptors (Lipinski definition) is 5. The molecule has 0 aliphatic heterocycles. The van der Waals surface area contributed by atoms with E-state index in [2.05, 4.69) is 10.3 Å². The zero-order valence-corrected chi connectivity index (χ0v) is 14.3. The Morgan fingerprint density at radius 3 is 2.75 bits per heavy atom. The van der Waals surface area contributed by atoms with Gasteiger partial charge in [-0.3, -0.25) is 14.9 Å². The first-order valence-corrected chi connectivity index (χ1v) is 9.14. The summed E-state index contributed by atoms with van der Waals surface area (Å²) in [6.07, 6.45) is 3.59. The van der Waals surface area contributed by atoms with E-state index in [-0.39, 0.29) is 17.6 Å². The predicted octanol–water partition coefficient (Wildman–Crippen LogP) is 3.04. The van der Waals surface area contributed by atoms with Gasteiger partial charge < -0.3 is 4.57 Å². The van der Waals surface area contributed by atoms with Gasteiger partial charge in [-0.2, -0.15) is 0 Å². The molecular weight excluding hydrogens is 342 g/mol. The van der Waals surface area contributed by atoms with Gasteiger partial charge in [-0.25, -0.2) is 4.98 Å². The maximum absolute atomic E-state index is 11.9. The van der Waals surface area contributed by atoms with E-state index < -0.39 is 0 Å². The molecule has 0 radical (unpaired) electrons. The van der Waals surface area contributed by atoms with Crippen LogP contribution in [0.3, 0.4) is 0 Å². The monoisotopic (exact) mass is 357 g/mol. The average molecular weight is 357 g/mol. The Morgan fingerprint density at radius 1 is 1.17 bits per heavy atom. The van der Waals surface area contributed by atoms with Crippen molar-refractivity contribution in [1.29, 1.82) is 0 Å². The molecule has 3 aromatic rings. The van der Waals surface area contributed by atoms with Crippen LogP contribution in [0.5, 0.6) is 0 Å². The number of carbonyl (C=O) groups excluding carboxylic acids is 2. The van der Waals surface area contributed by atoms with E-state index in [1.807, 2.05) is 41.1 Å². The van der Waals surface area contributed by atoms with Crippen LogP contribution < -0.4 is 5.32 Å². The van der Waals surface area contributed by atoms with Crippen LogP contribution in [0.2, 0.25) is 0 Å². The Kier molecular flexibility index (Phi) is 5.45. The van der Waals surface area contributed by atoms with Crippen molar-refractivity contribution in [2.24, 2.45) is 0 Å². The standard InChI is InChI=1S/C17H15N3O2S2/c21-15(19-16(22)14-7-4-10-23-14)12-24-17-18-8-9-20(17)11-13-5-2-1-3-6-13/h1-10H,11-12H2,(H,19,21,22). The molecule has 0 saturated carbocycles. The highest BCUT2D eigenvalue weighted by Gasteiger charge is 2.13. The van der Waals surface area contributed by atoms with E-state index in [0.717, 1.165) is 10.7 Å². The zero-order chi connectivity index (χ0) is 16.8. The minimum Gasteiger partial charge on any atom is -0.322 e. The van der Waals surface area contributed by atoms with Crippen LogP contribution in [-0.2, 0) is 11.3 Å². The lowest BCUT2D eigenvalue weighted by Gasteiger charge is -2.07. The van der Waals surface area contributed by atoms with Gasteiger partial charge in [0.1, 0.15) is 0 Å². The second-order valence-electron chi connectivity index (χ2n) is 4.97. The normalized spacial score (nSPS) is 10.5. The molecule has 0 aliphatic carbocycles. The van der Waals surface area contributed by atoms with E-state index in [1.165, 1.54) is 23.1 Å². The number of thioether (sulfide) groups is 1. The summed E-state index contributed by atoms with van der Waals surface area (Å²) in [5.41, 5.74) is 1.16. The van der Waals surface area contributed by atoms with Crippen molar-refractivity contribution >= 4 is 34.9 Å². The molecule has 0 fully saturated rings. The first-order valence-electron chi connectivity index (χ1n) is 7.28. The third-order valence-corrected chi connectivity index (χ3v) is 5.08. The molecule has 24 heavy (non-hydrogen) atoms. The van der Waals surface area contributed by atoms with E-state index in [4.69, 9.17) is 0 Å². The summed E-state index contributed by atoms with van der Waals surface area (Å²) in [5.74, 6) is -0.543.